The molecule has 108 valence electrons. The number of hydrogen-bond acceptors (Lipinski definition) is 2. The zero-order valence-electron chi connectivity index (χ0n) is 13.3. The van der Waals surface area contributed by atoms with Crippen molar-refractivity contribution in [3.63, 3.8) is 0 Å². The number of ether oxygens (including phenoxy) is 1. The molecule has 1 saturated carbocycles. The third-order valence-electron chi connectivity index (χ3n) is 4.27. The molecule has 3 unspecified atom stereocenters. The lowest BCUT2D eigenvalue weighted by molar-refractivity contribution is -0.0219. The minimum absolute atomic E-state index is 0.459. The molecule has 1 aliphatic rings. The topological polar surface area (TPSA) is 21.3 Å². The summed E-state index contributed by atoms with van der Waals surface area (Å²) >= 11 is 0. The molecule has 0 aliphatic heterocycles. The van der Waals surface area contributed by atoms with E-state index in [1.54, 1.807) is 0 Å². The Bertz CT molecular complexity index is 237. The van der Waals surface area contributed by atoms with Gasteiger partial charge in [0.1, 0.15) is 0 Å². The van der Waals surface area contributed by atoms with Gasteiger partial charge in [-0.15, -0.1) is 0 Å². The zero-order chi connectivity index (χ0) is 13.8. The summed E-state index contributed by atoms with van der Waals surface area (Å²) in [5.74, 6) is 1.50. The lowest BCUT2D eigenvalue weighted by Gasteiger charge is -2.38. The fourth-order valence-electron chi connectivity index (χ4n) is 3.13. The first-order valence-electron chi connectivity index (χ1n) is 7.65. The highest BCUT2D eigenvalue weighted by Gasteiger charge is 2.32. The highest BCUT2D eigenvalue weighted by atomic mass is 16.5. The monoisotopic (exact) mass is 255 g/mol. The Balaban J connectivity index is 2.19. The van der Waals surface area contributed by atoms with Gasteiger partial charge in [0.25, 0.3) is 0 Å². The van der Waals surface area contributed by atoms with E-state index in [-0.39, 0.29) is 0 Å². The maximum Gasteiger partial charge on any atom is 0.0594 e. The van der Waals surface area contributed by atoms with Crippen LogP contribution in [0.5, 0.6) is 0 Å². The predicted octanol–water partition coefficient (Wildman–Crippen LogP) is 3.85. The highest BCUT2D eigenvalue weighted by Crippen LogP contribution is 2.39. The van der Waals surface area contributed by atoms with E-state index in [0.29, 0.717) is 23.5 Å². The summed E-state index contributed by atoms with van der Waals surface area (Å²) in [5, 5.41) is 3.53. The molecule has 1 N–H and O–H groups in total. The van der Waals surface area contributed by atoms with Crippen molar-refractivity contribution in [1.82, 2.24) is 5.32 Å². The molecular weight excluding hydrogens is 222 g/mol. The van der Waals surface area contributed by atoms with Gasteiger partial charge in [0.05, 0.1) is 12.7 Å². The fraction of sp³-hybridized carbons (Fsp3) is 1.00. The van der Waals surface area contributed by atoms with Crippen molar-refractivity contribution in [2.75, 3.05) is 13.2 Å². The molecule has 0 heterocycles. The number of nitrogens with one attached hydrogen (secondary N) is 1. The van der Waals surface area contributed by atoms with E-state index >= 15 is 0 Å². The van der Waals surface area contributed by atoms with Gasteiger partial charge in [0.2, 0.25) is 0 Å². The molecule has 0 aromatic carbocycles. The second kappa shape index (κ2) is 6.91. The molecule has 3 atom stereocenters. The molecule has 0 radical (unpaired) electrons. The minimum Gasteiger partial charge on any atom is -0.377 e. The van der Waals surface area contributed by atoms with E-state index in [1.165, 1.54) is 19.3 Å². The van der Waals surface area contributed by atoms with Crippen LogP contribution in [0, 0.1) is 17.3 Å². The smallest absolute Gasteiger partial charge is 0.0594 e. The van der Waals surface area contributed by atoms with Crippen LogP contribution in [0.25, 0.3) is 0 Å². The zero-order valence-corrected chi connectivity index (χ0v) is 13.3. The highest BCUT2D eigenvalue weighted by molar-refractivity contribution is 4.83. The van der Waals surface area contributed by atoms with Crippen LogP contribution in [0.2, 0.25) is 0 Å². The molecular formula is C16H33NO. The molecule has 0 aromatic heterocycles. The van der Waals surface area contributed by atoms with Crippen LogP contribution < -0.4 is 5.32 Å². The van der Waals surface area contributed by atoms with Crippen LogP contribution in [-0.2, 0) is 4.74 Å². The Morgan fingerprint density at radius 1 is 1.22 bits per heavy atom. The molecule has 2 heteroatoms. The molecule has 1 rings (SSSR count). The molecule has 0 bridgehead atoms. The van der Waals surface area contributed by atoms with Gasteiger partial charge in [-0.25, -0.2) is 0 Å². The van der Waals surface area contributed by atoms with Crippen LogP contribution >= 0.6 is 0 Å². The largest absolute Gasteiger partial charge is 0.377 e. The van der Waals surface area contributed by atoms with E-state index in [0.717, 1.165) is 19.1 Å². The first-order chi connectivity index (χ1) is 8.30. The Labute approximate surface area is 114 Å². The Morgan fingerprint density at radius 2 is 1.89 bits per heavy atom. The quantitative estimate of drug-likeness (QED) is 0.728. The van der Waals surface area contributed by atoms with Crippen LogP contribution in [0.3, 0.4) is 0 Å². The molecule has 0 amide bonds. The standard InChI is InChI=1S/C16H33NO/c1-12(2)14(4)17-7-8-18-15-9-13(3)10-16(5,6)11-15/h12-15,17H,7-11H2,1-6H3. The van der Waals surface area contributed by atoms with Gasteiger partial charge < -0.3 is 10.1 Å². The summed E-state index contributed by atoms with van der Waals surface area (Å²) in [6.45, 7) is 15.7. The minimum atomic E-state index is 0.459. The average molecular weight is 255 g/mol. The molecule has 1 fully saturated rings. The first kappa shape index (κ1) is 16.0. The summed E-state index contributed by atoms with van der Waals surface area (Å²) in [7, 11) is 0. The SMILES string of the molecule is CC1CC(OCCNC(C)C(C)C)CC(C)(C)C1. The van der Waals surface area contributed by atoms with Crippen molar-refractivity contribution in [2.45, 2.75) is 73.0 Å². The van der Waals surface area contributed by atoms with Crippen molar-refractivity contribution < 1.29 is 4.74 Å². The lowest BCUT2D eigenvalue weighted by atomic mass is 9.71. The summed E-state index contributed by atoms with van der Waals surface area (Å²) in [6, 6.07) is 0.579. The van der Waals surface area contributed by atoms with Gasteiger partial charge >= 0.3 is 0 Å². The first-order valence-corrected chi connectivity index (χ1v) is 7.65. The van der Waals surface area contributed by atoms with Crippen LogP contribution in [0.1, 0.15) is 60.8 Å². The number of hydrogen-bond donors (Lipinski definition) is 1. The molecule has 2 nitrogen and oxygen atoms in total. The summed E-state index contributed by atoms with van der Waals surface area (Å²) in [4.78, 5) is 0. The van der Waals surface area contributed by atoms with E-state index in [9.17, 15) is 0 Å². The molecule has 0 aromatic rings. The van der Waals surface area contributed by atoms with Gasteiger partial charge in [0, 0.05) is 12.6 Å². The van der Waals surface area contributed by atoms with Crippen molar-refractivity contribution in [1.29, 1.82) is 0 Å². The summed E-state index contributed by atoms with van der Waals surface area (Å²) in [6.07, 6.45) is 4.27. The maximum atomic E-state index is 6.06. The van der Waals surface area contributed by atoms with E-state index in [1.807, 2.05) is 0 Å². The van der Waals surface area contributed by atoms with Crippen molar-refractivity contribution in [2.24, 2.45) is 17.3 Å². The molecule has 0 saturated heterocycles. The fourth-order valence-corrected chi connectivity index (χ4v) is 3.13. The molecule has 1 aliphatic carbocycles. The maximum absolute atomic E-state index is 6.06. The Morgan fingerprint density at radius 3 is 2.44 bits per heavy atom. The third-order valence-corrected chi connectivity index (χ3v) is 4.27. The van der Waals surface area contributed by atoms with Crippen LogP contribution in [-0.4, -0.2) is 25.3 Å². The predicted molar refractivity (Wildman–Crippen MR) is 78.8 cm³/mol. The van der Waals surface area contributed by atoms with Gasteiger partial charge in [0.15, 0.2) is 0 Å². The van der Waals surface area contributed by atoms with Crippen molar-refractivity contribution >= 4 is 0 Å². The van der Waals surface area contributed by atoms with E-state index in [2.05, 4.69) is 46.9 Å². The second-order valence-electron chi connectivity index (χ2n) is 7.39. The normalized spacial score (nSPS) is 29.5. The molecule has 18 heavy (non-hydrogen) atoms. The third kappa shape index (κ3) is 5.71. The average Bonchev–Trinajstić information content (AvgIpc) is 2.21. The van der Waals surface area contributed by atoms with Gasteiger partial charge in [-0.1, -0.05) is 34.6 Å². The Kier molecular flexibility index (Phi) is 6.13. The van der Waals surface area contributed by atoms with Gasteiger partial charge in [-0.2, -0.15) is 0 Å². The van der Waals surface area contributed by atoms with Crippen LogP contribution in [0.15, 0.2) is 0 Å². The van der Waals surface area contributed by atoms with E-state index < -0.39 is 0 Å². The second-order valence-corrected chi connectivity index (χ2v) is 7.39. The van der Waals surface area contributed by atoms with Gasteiger partial charge in [-0.05, 0) is 43.4 Å². The molecule has 0 spiro atoms. The number of rotatable bonds is 6. The van der Waals surface area contributed by atoms with E-state index in [4.69, 9.17) is 4.74 Å². The van der Waals surface area contributed by atoms with Crippen molar-refractivity contribution in [3.05, 3.63) is 0 Å². The van der Waals surface area contributed by atoms with Crippen LogP contribution in [0.4, 0.5) is 0 Å². The summed E-state index contributed by atoms with van der Waals surface area (Å²) in [5.41, 5.74) is 0.459. The Hall–Kier alpha value is -0.0800. The van der Waals surface area contributed by atoms with Gasteiger partial charge in [-0.3, -0.25) is 0 Å². The lowest BCUT2D eigenvalue weighted by Crippen LogP contribution is -2.36. The summed E-state index contributed by atoms with van der Waals surface area (Å²) < 4.78 is 6.06. The van der Waals surface area contributed by atoms with Crippen molar-refractivity contribution in [3.8, 4) is 0 Å².